The molecule has 0 aliphatic heterocycles. The fraction of sp³-hybridized carbons (Fsp3) is 0.0435. The summed E-state index contributed by atoms with van der Waals surface area (Å²) in [7, 11) is 0. The number of pyridine rings is 1. The average molecular weight is 464 g/mol. The van der Waals surface area contributed by atoms with E-state index in [-0.39, 0.29) is 5.91 Å². The predicted octanol–water partition coefficient (Wildman–Crippen LogP) is 6.07. The molecule has 1 heterocycles. The summed E-state index contributed by atoms with van der Waals surface area (Å²) >= 11 is 2.23. The number of carbonyl (C=O) groups excluding carboxylic acids is 1. The summed E-state index contributed by atoms with van der Waals surface area (Å²) in [6.07, 6.45) is 0. The lowest BCUT2D eigenvalue weighted by molar-refractivity contribution is 0.102. The molecule has 0 aliphatic carbocycles. The van der Waals surface area contributed by atoms with E-state index in [1.54, 1.807) is 0 Å². The molecule has 27 heavy (non-hydrogen) atoms. The summed E-state index contributed by atoms with van der Waals surface area (Å²) in [5.41, 5.74) is 4.94. The second kappa shape index (κ2) is 7.48. The SMILES string of the molecule is Cc1nc2ccccc2c(-c2ccccc2)c1C(=O)Nc1ccccc1I. The lowest BCUT2D eigenvalue weighted by atomic mass is 9.94. The van der Waals surface area contributed by atoms with Crippen molar-refractivity contribution in [1.29, 1.82) is 0 Å². The van der Waals surface area contributed by atoms with Crippen LogP contribution in [0.2, 0.25) is 0 Å². The van der Waals surface area contributed by atoms with Gasteiger partial charge in [-0.3, -0.25) is 9.78 Å². The molecule has 0 radical (unpaired) electrons. The number of hydrogen-bond acceptors (Lipinski definition) is 2. The third-order valence-corrected chi connectivity index (χ3v) is 5.43. The Balaban J connectivity index is 1.93. The Morgan fingerprint density at radius 1 is 0.889 bits per heavy atom. The van der Waals surface area contributed by atoms with E-state index in [0.29, 0.717) is 5.56 Å². The Morgan fingerprint density at radius 3 is 2.33 bits per heavy atom. The third-order valence-electron chi connectivity index (χ3n) is 4.48. The van der Waals surface area contributed by atoms with Crippen LogP contribution in [-0.2, 0) is 0 Å². The van der Waals surface area contributed by atoms with Crippen LogP contribution in [0.15, 0.2) is 78.9 Å². The quantitative estimate of drug-likeness (QED) is 0.374. The van der Waals surface area contributed by atoms with Crippen LogP contribution in [0.4, 0.5) is 5.69 Å². The Hall–Kier alpha value is -2.73. The fourth-order valence-corrected chi connectivity index (χ4v) is 3.79. The zero-order valence-electron chi connectivity index (χ0n) is 14.7. The Bertz CT molecular complexity index is 1140. The molecule has 132 valence electrons. The number of carbonyl (C=O) groups is 1. The lowest BCUT2D eigenvalue weighted by Gasteiger charge is -2.16. The van der Waals surface area contributed by atoms with Crippen molar-refractivity contribution < 1.29 is 4.79 Å². The van der Waals surface area contributed by atoms with Crippen LogP contribution in [-0.4, -0.2) is 10.9 Å². The molecule has 4 heteroatoms. The molecule has 0 saturated heterocycles. The summed E-state index contributed by atoms with van der Waals surface area (Å²) in [6.45, 7) is 1.89. The minimum Gasteiger partial charge on any atom is -0.321 e. The van der Waals surface area contributed by atoms with E-state index in [1.165, 1.54) is 0 Å². The number of rotatable bonds is 3. The van der Waals surface area contributed by atoms with Crippen molar-refractivity contribution >= 4 is 45.1 Å². The van der Waals surface area contributed by atoms with Crippen LogP contribution in [0.1, 0.15) is 16.1 Å². The number of aromatic nitrogens is 1. The van der Waals surface area contributed by atoms with Crippen LogP contribution in [0, 0.1) is 10.5 Å². The van der Waals surface area contributed by atoms with E-state index in [2.05, 4.69) is 32.9 Å². The van der Waals surface area contributed by atoms with E-state index in [0.717, 1.165) is 37.0 Å². The van der Waals surface area contributed by atoms with Gasteiger partial charge in [-0.2, -0.15) is 0 Å². The van der Waals surface area contributed by atoms with Gasteiger partial charge in [-0.15, -0.1) is 0 Å². The van der Waals surface area contributed by atoms with Crippen LogP contribution >= 0.6 is 22.6 Å². The second-order valence-corrected chi connectivity index (χ2v) is 7.43. The third kappa shape index (κ3) is 3.45. The normalized spacial score (nSPS) is 10.7. The number of halogens is 1. The van der Waals surface area contributed by atoms with Gasteiger partial charge in [-0.05, 0) is 53.3 Å². The van der Waals surface area contributed by atoms with Gasteiger partial charge in [0.2, 0.25) is 0 Å². The molecule has 0 aliphatic rings. The predicted molar refractivity (Wildman–Crippen MR) is 119 cm³/mol. The average Bonchev–Trinajstić information content (AvgIpc) is 2.69. The van der Waals surface area contributed by atoms with Gasteiger partial charge < -0.3 is 5.32 Å². The van der Waals surface area contributed by atoms with Gasteiger partial charge in [0.1, 0.15) is 0 Å². The molecule has 1 N–H and O–H groups in total. The first-order chi connectivity index (χ1) is 13.1. The van der Waals surface area contributed by atoms with E-state index in [1.807, 2.05) is 85.8 Å². The van der Waals surface area contributed by atoms with Gasteiger partial charge in [-0.25, -0.2) is 0 Å². The van der Waals surface area contributed by atoms with Crippen LogP contribution in [0.25, 0.3) is 22.0 Å². The molecule has 3 nitrogen and oxygen atoms in total. The van der Waals surface area contributed by atoms with Crippen LogP contribution < -0.4 is 5.32 Å². The summed E-state index contributed by atoms with van der Waals surface area (Å²) in [4.78, 5) is 18.0. The number of hydrogen-bond donors (Lipinski definition) is 1. The molecule has 0 spiro atoms. The molecule has 4 rings (SSSR count). The first-order valence-corrected chi connectivity index (χ1v) is 9.73. The molecular weight excluding hydrogens is 447 g/mol. The molecule has 1 aromatic heterocycles. The number of aryl methyl sites for hydroxylation is 1. The minimum atomic E-state index is -0.145. The van der Waals surface area contributed by atoms with Crippen molar-refractivity contribution in [3.8, 4) is 11.1 Å². The number of nitrogens with one attached hydrogen (secondary N) is 1. The highest BCUT2D eigenvalue weighted by Gasteiger charge is 2.20. The summed E-state index contributed by atoms with van der Waals surface area (Å²) < 4.78 is 0.996. The van der Waals surface area contributed by atoms with Crippen molar-refractivity contribution in [3.05, 3.63) is 93.7 Å². The van der Waals surface area contributed by atoms with Gasteiger partial charge >= 0.3 is 0 Å². The van der Waals surface area contributed by atoms with E-state index < -0.39 is 0 Å². The largest absolute Gasteiger partial charge is 0.321 e. The van der Waals surface area contributed by atoms with E-state index >= 15 is 0 Å². The number of nitrogens with zero attached hydrogens (tertiary/aromatic N) is 1. The topological polar surface area (TPSA) is 42.0 Å². The number of benzene rings is 3. The van der Waals surface area contributed by atoms with E-state index in [4.69, 9.17) is 0 Å². The van der Waals surface area contributed by atoms with Crippen molar-refractivity contribution in [2.75, 3.05) is 5.32 Å². The summed E-state index contributed by atoms with van der Waals surface area (Å²) in [6, 6.07) is 25.7. The standard InChI is InChI=1S/C23H17IN2O/c1-15-21(23(27)26-20-14-8-6-12-18(20)24)22(16-9-3-2-4-10-16)17-11-5-7-13-19(17)25-15/h2-14H,1H3,(H,26,27). The number of fused-ring (bicyclic) bond motifs is 1. The van der Waals surface area contributed by atoms with Crippen molar-refractivity contribution in [2.24, 2.45) is 0 Å². The lowest BCUT2D eigenvalue weighted by Crippen LogP contribution is -2.16. The molecule has 0 saturated carbocycles. The molecule has 1 amide bonds. The molecule has 3 aromatic carbocycles. The molecule has 0 fully saturated rings. The Kier molecular flexibility index (Phi) is 4.90. The molecular formula is C23H17IN2O. The number of para-hydroxylation sites is 2. The van der Waals surface area contributed by atoms with Crippen LogP contribution in [0.3, 0.4) is 0 Å². The van der Waals surface area contributed by atoms with Gasteiger partial charge in [-0.1, -0.05) is 60.7 Å². The molecule has 0 atom stereocenters. The molecule has 0 unspecified atom stereocenters. The summed E-state index contributed by atoms with van der Waals surface area (Å²) in [5, 5.41) is 4.03. The van der Waals surface area contributed by atoms with Gasteiger partial charge in [0.25, 0.3) is 5.91 Å². The highest BCUT2D eigenvalue weighted by Crippen LogP contribution is 2.33. The maximum Gasteiger partial charge on any atom is 0.258 e. The first kappa shape index (κ1) is 17.7. The highest BCUT2D eigenvalue weighted by molar-refractivity contribution is 14.1. The zero-order chi connectivity index (χ0) is 18.8. The minimum absolute atomic E-state index is 0.145. The maximum atomic E-state index is 13.3. The smallest absolute Gasteiger partial charge is 0.258 e. The monoisotopic (exact) mass is 464 g/mol. The van der Waals surface area contributed by atoms with Crippen molar-refractivity contribution in [3.63, 3.8) is 0 Å². The van der Waals surface area contributed by atoms with Gasteiger partial charge in [0.05, 0.1) is 22.5 Å². The van der Waals surface area contributed by atoms with E-state index in [9.17, 15) is 4.79 Å². The first-order valence-electron chi connectivity index (χ1n) is 8.66. The summed E-state index contributed by atoms with van der Waals surface area (Å²) in [5.74, 6) is -0.145. The molecule has 4 aromatic rings. The van der Waals surface area contributed by atoms with Crippen molar-refractivity contribution in [2.45, 2.75) is 6.92 Å². The number of anilines is 1. The maximum absolute atomic E-state index is 13.3. The highest BCUT2D eigenvalue weighted by atomic mass is 127. The van der Waals surface area contributed by atoms with Crippen LogP contribution in [0.5, 0.6) is 0 Å². The van der Waals surface area contributed by atoms with Crippen molar-refractivity contribution in [1.82, 2.24) is 4.98 Å². The Morgan fingerprint density at radius 2 is 1.56 bits per heavy atom. The fourth-order valence-electron chi connectivity index (χ4n) is 3.26. The molecule has 0 bridgehead atoms. The zero-order valence-corrected chi connectivity index (χ0v) is 16.9. The van der Waals surface area contributed by atoms with Gasteiger partial charge in [0.15, 0.2) is 0 Å². The number of amides is 1. The second-order valence-electron chi connectivity index (χ2n) is 6.26. The Labute approximate surface area is 171 Å². The van der Waals surface area contributed by atoms with Gasteiger partial charge in [0, 0.05) is 14.5 Å².